The molecular weight excluding hydrogens is 290 g/mol. The number of carbonyl (C=O) groups excluding carboxylic acids is 1. The van der Waals surface area contributed by atoms with Gasteiger partial charge in [0.25, 0.3) is 5.91 Å². The number of aryl methyl sites for hydroxylation is 1. The molecule has 0 spiro atoms. The molecule has 1 fully saturated rings. The molecule has 0 radical (unpaired) electrons. The van der Waals surface area contributed by atoms with Crippen molar-refractivity contribution in [2.75, 3.05) is 26.2 Å². The summed E-state index contributed by atoms with van der Waals surface area (Å²) in [6.07, 6.45) is 4.52. The molecule has 1 aliphatic heterocycles. The highest BCUT2D eigenvalue weighted by molar-refractivity contribution is 5.91. The third-order valence-electron chi connectivity index (χ3n) is 4.54. The van der Waals surface area contributed by atoms with E-state index in [9.17, 15) is 4.79 Å². The molecule has 122 valence electrons. The molecule has 1 aliphatic rings. The third kappa shape index (κ3) is 3.45. The molecule has 3 rings (SSSR count). The Morgan fingerprint density at radius 3 is 2.65 bits per heavy atom. The van der Waals surface area contributed by atoms with Gasteiger partial charge in [0.2, 0.25) is 0 Å². The van der Waals surface area contributed by atoms with E-state index in [0.717, 1.165) is 38.4 Å². The van der Waals surface area contributed by atoms with Crippen LogP contribution in [0.4, 0.5) is 0 Å². The van der Waals surface area contributed by atoms with Crippen molar-refractivity contribution in [2.45, 2.75) is 26.3 Å². The highest BCUT2D eigenvalue weighted by atomic mass is 16.4. The maximum atomic E-state index is 12.5. The van der Waals surface area contributed by atoms with Gasteiger partial charge in [-0.3, -0.25) is 14.7 Å². The van der Waals surface area contributed by atoms with Crippen molar-refractivity contribution in [3.05, 3.63) is 53.7 Å². The fraction of sp³-hybridized carbons (Fsp3) is 0.444. The van der Waals surface area contributed by atoms with Gasteiger partial charge < -0.3 is 9.32 Å². The van der Waals surface area contributed by atoms with E-state index in [2.05, 4.69) is 22.9 Å². The quantitative estimate of drug-likeness (QED) is 0.871. The van der Waals surface area contributed by atoms with Gasteiger partial charge in [0, 0.05) is 51.0 Å². The molecule has 0 bridgehead atoms. The molecule has 1 saturated heterocycles. The van der Waals surface area contributed by atoms with Crippen LogP contribution in [0.5, 0.6) is 0 Å². The number of furan rings is 1. The van der Waals surface area contributed by atoms with Gasteiger partial charge in [-0.25, -0.2) is 0 Å². The van der Waals surface area contributed by atoms with E-state index in [0.29, 0.717) is 11.8 Å². The van der Waals surface area contributed by atoms with Gasteiger partial charge in [0.05, 0.1) is 0 Å². The van der Waals surface area contributed by atoms with Crippen molar-refractivity contribution in [1.29, 1.82) is 0 Å². The molecule has 2 aromatic heterocycles. The zero-order valence-electron chi connectivity index (χ0n) is 13.7. The Labute approximate surface area is 136 Å². The van der Waals surface area contributed by atoms with E-state index in [1.807, 2.05) is 30.2 Å². The standard InChI is InChI=1S/C18H23N3O2/c1-3-16-6-7-17(23-16)18(22)21-11-9-20(10-12-21)14(2)15-5-4-8-19-13-15/h4-8,13-14H,3,9-12H2,1-2H3/t14-/m0/s1. The van der Waals surface area contributed by atoms with Crippen LogP contribution >= 0.6 is 0 Å². The normalized spacial score (nSPS) is 17.2. The van der Waals surface area contributed by atoms with Crippen LogP contribution in [0.15, 0.2) is 41.1 Å². The lowest BCUT2D eigenvalue weighted by Gasteiger charge is -2.37. The summed E-state index contributed by atoms with van der Waals surface area (Å²) in [5, 5.41) is 0. The number of nitrogens with zero attached hydrogens (tertiary/aromatic N) is 3. The van der Waals surface area contributed by atoms with Crippen LogP contribution in [-0.4, -0.2) is 46.9 Å². The number of pyridine rings is 1. The number of carbonyl (C=O) groups is 1. The average Bonchev–Trinajstić information content (AvgIpc) is 3.10. The monoisotopic (exact) mass is 313 g/mol. The Bertz CT molecular complexity index is 645. The number of piperazine rings is 1. The number of amides is 1. The largest absolute Gasteiger partial charge is 0.456 e. The zero-order valence-corrected chi connectivity index (χ0v) is 13.7. The fourth-order valence-corrected chi connectivity index (χ4v) is 2.98. The summed E-state index contributed by atoms with van der Waals surface area (Å²) in [4.78, 5) is 20.9. The van der Waals surface area contributed by atoms with Crippen LogP contribution in [0.3, 0.4) is 0 Å². The molecule has 0 unspecified atom stereocenters. The molecule has 0 N–H and O–H groups in total. The summed E-state index contributed by atoms with van der Waals surface area (Å²) >= 11 is 0. The molecule has 2 aromatic rings. The Morgan fingerprint density at radius 2 is 2.04 bits per heavy atom. The number of rotatable bonds is 4. The predicted molar refractivity (Wildman–Crippen MR) is 88.2 cm³/mol. The molecule has 23 heavy (non-hydrogen) atoms. The first-order valence-corrected chi connectivity index (χ1v) is 8.21. The number of hydrogen-bond donors (Lipinski definition) is 0. The highest BCUT2D eigenvalue weighted by Crippen LogP contribution is 2.21. The van der Waals surface area contributed by atoms with E-state index in [1.165, 1.54) is 5.56 Å². The molecule has 1 amide bonds. The topological polar surface area (TPSA) is 49.6 Å². The van der Waals surface area contributed by atoms with Crippen LogP contribution in [-0.2, 0) is 6.42 Å². The molecule has 1 atom stereocenters. The maximum absolute atomic E-state index is 12.5. The molecule has 5 heteroatoms. The lowest BCUT2D eigenvalue weighted by atomic mass is 10.1. The fourth-order valence-electron chi connectivity index (χ4n) is 2.98. The van der Waals surface area contributed by atoms with Crippen LogP contribution in [0, 0.1) is 0 Å². The second-order valence-corrected chi connectivity index (χ2v) is 5.91. The van der Waals surface area contributed by atoms with Crippen LogP contribution in [0.1, 0.15) is 41.8 Å². The highest BCUT2D eigenvalue weighted by Gasteiger charge is 2.26. The summed E-state index contributed by atoms with van der Waals surface area (Å²) < 4.78 is 5.58. The Hall–Kier alpha value is -2.14. The van der Waals surface area contributed by atoms with E-state index in [4.69, 9.17) is 4.42 Å². The average molecular weight is 313 g/mol. The minimum absolute atomic E-state index is 0.00150. The van der Waals surface area contributed by atoms with Crippen molar-refractivity contribution in [3.63, 3.8) is 0 Å². The van der Waals surface area contributed by atoms with Crippen molar-refractivity contribution in [1.82, 2.24) is 14.8 Å². The van der Waals surface area contributed by atoms with E-state index >= 15 is 0 Å². The summed E-state index contributed by atoms with van der Waals surface area (Å²) in [7, 11) is 0. The molecule has 0 saturated carbocycles. The van der Waals surface area contributed by atoms with Gasteiger partial charge in [-0.2, -0.15) is 0 Å². The molecular formula is C18H23N3O2. The summed E-state index contributed by atoms with van der Waals surface area (Å²) in [6, 6.07) is 8.05. The zero-order chi connectivity index (χ0) is 16.2. The van der Waals surface area contributed by atoms with E-state index in [-0.39, 0.29) is 5.91 Å². The lowest BCUT2D eigenvalue weighted by Crippen LogP contribution is -2.49. The minimum atomic E-state index is -0.00150. The Balaban J connectivity index is 1.59. The molecule has 0 aliphatic carbocycles. The first-order chi connectivity index (χ1) is 11.2. The van der Waals surface area contributed by atoms with Crippen LogP contribution in [0.2, 0.25) is 0 Å². The van der Waals surface area contributed by atoms with Gasteiger partial charge in [0.15, 0.2) is 5.76 Å². The summed E-state index contributed by atoms with van der Waals surface area (Å²) in [5.74, 6) is 1.31. The maximum Gasteiger partial charge on any atom is 0.289 e. The first-order valence-electron chi connectivity index (χ1n) is 8.21. The summed E-state index contributed by atoms with van der Waals surface area (Å²) in [5.41, 5.74) is 1.21. The van der Waals surface area contributed by atoms with Gasteiger partial charge in [0.1, 0.15) is 5.76 Å². The van der Waals surface area contributed by atoms with Crippen LogP contribution < -0.4 is 0 Å². The third-order valence-corrected chi connectivity index (χ3v) is 4.54. The summed E-state index contributed by atoms with van der Waals surface area (Å²) in [6.45, 7) is 7.39. The van der Waals surface area contributed by atoms with E-state index < -0.39 is 0 Å². The van der Waals surface area contributed by atoms with Gasteiger partial charge in [-0.05, 0) is 30.7 Å². The minimum Gasteiger partial charge on any atom is -0.456 e. The number of hydrogen-bond acceptors (Lipinski definition) is 4. The van der Waals surface area contributed by atoms with Crippen LogP contribution in [0.25, 0.3) is 0 Å². The predicted octanol–water partition coefficient (Wildman–Crippen LogP) is 2.76. The van der Waals surface area contributed by atoms with Gasteiger partial charge in [-0.15, -0.1) is 0 Å². The van der Waals surface area contributed by atoms with Crippen molar-refractivity contribution in [3.8, 4) is 0 Å². The molecule has 5 nitrogen and oxygen atoms in total. The Kier molecular flexibility index (Phi) is 4.76. The molecule has 3 heterocycles. The lowest BCUT2D eigenvalue weighted by molar-refractivity contribution is 0.0551. The van der Waals surface area contributed by atoms with Crippen molar-refractivity contribution >= 4 is 5.91 Å². The smallest absolute Gasteiger partial charge is 0.289 e. The second kappa shape index (κ2) is 6.96. The first kappa shape index (κ1) is 15.7. The van der Waals surface area contributed by atoms with Crippen molar-refractivity contribution < 1.29 is 9.21 Å². The Morgan fingerprint density at radius 1 is 1.26 bits per heavy atom. The molecule has 0 aromatic carbocycles. The van der Waals surface area contributed by atoms with E-state index in [1.54, 1.807) is 12.3 Å². The van der Waals surface area contributed by atoms with Crippen molar-refractivity contribution in [2.24, 2.45) is 0 Å². The number of aromatic nitrogens is 1. The second-order valence-electron chi connectivity index (χ2n) is 5.91. The van der Waals surface area contributed by atoms with Gasteiger partial charge in [-0.1, -0.05) is 13.0 Å². The SMILES string of the molecule is CCc1ccc(C(=O)N2CCN([C@@H](C)c3cccnc3)CC2)o1. The van der Waals surface area contributed by atoms with Gasteiger partial charge >= 0.3 is 0 Å².